The standard InChI is InChI=1S/C16H29NO/c1-12-6-7-14(11-13(12)2)16(18)9-8-15-5-3-4-10-17-15/h12-15,17H,3-11H2,1-2H3. The van der Waals surface area contributed by atoms with Gasteiger partial charge in [-0.2, -0.15) is 0 Å². The Bertz CT molecular complexity index is 270. The number of hydrogen-bond acceptors (Lipinski definition) is 2. The molecule has 4 unspecified atom stereocenters. The van der Waals surface area contributed by atoms with E-state index in [1.54, 1.807) is 0 Å². The van der Waals surface area contributed by atoms with Crippen molar-refractivity contribution < 1.29 is 4.79 Å². The summed E-state index contributed by atoms with van der Waals surface area (Å²) in [4.78, 5) is 12.3. The van der Waals surface area contributed by atoms with Gasteiger partial charge in [0.25, 0.3) is 0 Å². The van der Waals surface area contributed by atoms with Gasteiger partial charge >= 0.3 is 0 Å². The minimum absolute atomic E-state index is 0.375. The molecule has 1 aliphatic heterocycles. The van der Waals surface area contributed by atoms with E-state index in [9.17, 15) is 4.79 Å². The highest BCUT2D eigenvalue weighted by atomic mass is 16.1. The largest absolute Gasteiger partial charge is 0.314 e. The average Bonchev–Trinajstić information content (AvgIpc) is 2.40. The molecule has 0 spiro atoms. The Hall–Kier alpha value is -0.370. The third-order valence-corrected chi connectivity index (χ3v) is 5.21. The molecule has 0 amide bonds. The number of hydrogen-bond donors (Lipinski definition) is 1. The lowest BCUT2D eigenvalue weighted by Crippen LogP contribution is -2.35. The van der Waals surface area contributed by atoms with Gasteiger partial charge in [-0.3, -0.25) is 4.79 Å². The fraction of sp³-hybridized carbons (Fsp3) is 0.938. The van der Waals surface area contributed by atoms with Crippen molar-refractivity contribution >= 4 is 5.78 Å². The summed E-state index contributed by atoms with van der Waals surface area (Å²) >= 11 is 0. The van der Waals surface area contributed by atoms with Crippen molar-refractivity contribution in [2.75, 3.05) is 6.54 Å². The summed E-state index contributed by atoms with van der Waals surface area (Å²) in [5.74, 6) is 2.47. The molecule has 0 radical (unpaired) electrons. The van der Waals surface area contributed by atoms with Crippen LogP contribution in [0.2, 0.25) is 0 Å². The molecule has 0 bridgehead atoms. The van der Waals surface area contributed by atoms with Crippen LogP contribution in [0, 0.1) is 17.8 Å². The van der Waals surface area contributed by atoms with E-state index in [-0.39, 0.29) is 0 Å². The molecule has 1 saturated carbocycles. The third-order valence-electron chi connectivity index (χ3n) is 5.21. The van der Waals surface area contributed by atoms with Crippen molar-refractivity contribution in [1.82, 2.24) is 5.32 Å². The summed E-state index contributed by atoms with van der Waals surface area (Å²) in [6.45, 7) is 5.79. The van der Waals surface area contributed by atoms with Crippen LogP contribution in [0.5, 0.6) is 0 Å². The number of piperidine rings is 1. The molecule has 1 N–H and O–H groups in total. The van der Waals surface area contributed by atoms with Gasteiger partial charge in [0, 0.05) is 18.4 Å². The van der Waals surface area contributed by atoms with Crippen LogP contribution in [0.4, 0.5) is 0 Å². The maximum Gasteiger partial charge on any atom is 0.136 e. The number of Topliss-reactive ketones (excluding diaryl/α,β-unsaturated/α-hetero) is 1. The van der Waals surface area contributed by atoms with Gasteiger partial charge in [-0.1, -0.05) is 20.3 Å². The van der Waals surface area contributed by atoms with Gasteiger partial charge in [0.1, 0.15) is 5.78 Å². The molecule has 4 atom stereocenters. The van der Waals surface area contributed by atoms with Crippen LogP contribution in [0.25, 0.3) is 0 Å². The minimum atomic E-state index is 0.375. The van der Waals surface area contributed by atoms with E-state index in [0.717, 1.165) is 44.1 Å². The topological polar surface area (TPSA) is 29.1 Å². The second-order valence-corrected chi connectivity index (χ2v) is 6.62. The van der Waals surface area contributed by atoms with Crippen molar-refractivity contribution in [3.63, 3.8) is 0 Å². The predicted molar refractivity (Wildman–Crippen MR) is 75.6 cm³/mol. The lowest BCUT2D eigenvalue weighted by molar-refractivity contribution is -0.124. The molecule has 2 heteroatoms. The molecule has 1 saturated heterocycles. The fourth-order valence-corrected chi connectivity index (χ4v) is 3.53. The van der Waals surface area contributed by atoms with E-state index in [2.05, 4.69) is 19.2 Å². The van der Waals surface area contributed by atoms with Crippen molar-refractivity contribution in [3.05, 3.63) is 0 Å². The van der Waals surface area contributed by atoms with Crippen molar-refractivity contribution in [3.8, 4) is 0 Å². The molecule has 0 aromatic carbocycles. The molecule has 1 aliphatic carbocycles. The zero-order valence-electron chi connectivity index (χ0n) is 12.1. The summed E-state index contributed by atoms with van der Waals surface area (Å²) in [6.07, 6.45) is 9.32. The van der Waals surface area contributed by atoms with E-state index < -0.39 is 0 Å². The summed E-state index contributed by atoms with van der Waals surface area (Å²) in [7, 11) is 0. The van der Waals surface area contributed by atoms with Gasteiger partial charge in [-0.25, -0.2) is 0 Å². The molecule has 0 aromatic rings. The van der Waals surface area contributed by atoms with E-state index in [1.165, 1.54) is 25.7 Å². The van der Waals surface area contributed by atoms with E-state index in [0.29, 0.717) is 17.7 Å². The number of rotatable bonds is 4. The van der Waals surface area contributed by atoms with Crippen molar-refractivity contribution in [1.29, 1.82) is 0 Å². The summed E-state index contributed by atoms with van der Waals surface area (Å²) < 4.78 is 0. The Balaban J connectivity index is 1.70. The first-order valence-electron chi connectivity index (χ1n) is 7.93. The number of carbonyl (C=O) groups is 1. The van der Waals surface area contributed by atoms with Gasteiger partial charge in [0.2, 0.25) is 0 Å². The maximum atomic E-state index is 12.3. The molecule has 104 valence electrons. The summed E-state index contributed by atoms with van der Waals surface area (Å²) in [5, 5.41) is 3.54. The fourth-order valence-electron chi connectivity index (χ4n) is 3.53. The van der Waals surface area contributed by atoms with Crippen LogP contribution in [0.15, 0.2) is 0 Å². The Kier molecular flexibility index (Phi) is 5.23. The normalized spacial score (nSPS) is 37.4. The number of nitrogens with one attached hydrogen (secondary N) is 1. The molecule has 2 rings (SSSR count). The second kappa shape index (κ2) is 6.70. The Labute approximate surface area is 112 Å². The smallest absolute Gasteiger partial charge is 0.136 e. The Morgan fingerprint density at radius 3 is 2.61 bits per heavy atom. The lowest BCUT2D eigenvalue weighted by Gasteiger charge is -2.31. The van der Waals surface area contributed by atoms with E-state index in [4.69, 9.17) is 0 Å². The maximum absolute atomic E-state index is 12.3. The zero-order valence-corrected chi connectivity index (χ0v) is 12.1. The highest BCUT2D eigenvalue weighted by molar-refractivity contribution is 5.81. The first-order chi connectivity index (χ1) is 8.66. The molecule has 18 heavy (non-hydrogen) atoms. The highest BCUT2D eigenvalue weighted by Crippen LogP contribution is 2.34. The van der Waals surface area contributed by atoms with Crippen molar-refractivity contribution in [2.24, 2.45) is 17.8 Å². The first-order valence-corrected chi connectivity index (χ1v) is 7.93. The second-order valence-electron chi connectivity index (χ2n) is 6.62. The van der Waals surface area contributed by atoms with Crippen molar-refractivity contribution in [2.45, 2.75) is 71.3 Å². The molecule has 2 nitrogen and oxygen atoms in total. The van der Waals surface area contributed by atoms with Crippen LogP contribution in [-0.4, -0.2) is 18.4 Å². The van der Waals surface area contributed by atoms with Gasteiger partial charge in [0.05, 0.1) is 0 Å². The monoisotopic (exact) mass is 251 g/mol. The average molecular weight is 251 g/mol. The molecule has 1 heterocycles. The minimum Gasteiger partial charge on any atom is -0.314 e. The van der Waals surface area contributed by atoms with Crippen LogP contribution >= 0.6 is 0 Å². The van der Waals surface area contributed by atoms with Crippen LogP contribution in [0.3, 0.4) is 0 Å². The molecular formula is C16H29NO. The SMILES string of the molecule is CC1CCC(C(=O)CCC2CCCCN2)CC1C. The van der Waals surface area contributed by atoms with Gasteiger partial charge < -0.3 is 5.32 Å². The first kappa shape index (κ1) is 14.0. The Morgan fingerprint density at radius 1 is 1.11 bits per heavy atom. The molecular weight excluding hydrogens is 222 g/mol. The van der Waals surface area contributed by atoms with Crippen LogP contribution in [0.1, 0.15) is 65.2 Å². The zero-order chi connectivity index (χ0) is 13.0. The predicted octanol–water partition coefficient (Wildman–Crippen LogP) is 3.55. The molecule has 2 fully saturated rings. The number of carbonyl (C=O) groups excluding carboxylic acids is 1. The molecule has 2 aliphatic rings. The lowest BCUT2D eigenvalue weighted by atomic mass is 9.73. The Morgan fingerprint density at radius 2 is 1.94 bits per heavy atom. The summed E-state index contributed by atoms with van der Waals surface area (Å²) in [5.41, 5.74) is 0. The van der Waals surface area contributed by atoms with Crippen LogP contribution in [-0.2, 0) is 4.79 Å². The number of ketones is 1. The van der Waals surface area contributed by atoms with E-state index in [1.807, 2.05) is 0 Å². The quantitative estimate of drug-likeness (QED) is 0.828. The highest BCUT2D eigenvalue weighted by Gasteiger charge is 2.29. The van der Waals surface area contributed by atoms with Gasteiger partial charge in [-0.15, -0.1) is 0 Å². The van der Waals surface area contributed by atoms with Gasteiger partial charge in [-0.05, 0) is 56.9 Å². The van der Waals surface area contributed by atoms with Crippen LogP contribution < -0.4 is 5.32 Å². The molecule has 0 aromatic heterocycles. The third kappa shape index (κ3) is 3.81. The summed E-state index contributed by atoms with van der Waals surface area (Å²) in [6, 6.07) is 0.614. The van der Waals surface area contributed by atoms with Gasteiger partial charge in [0.15, 0.2) is 0 Å². The van der Waals surface area contributed by atoms with E-state index >= 15 is 0 Å².